The number of para-hydroxylation sites is 1. The van der Waals surface area contributed by atoms with Crippen molar-refractivity contribution in [2.75, 3.05) is 10.6 Å². The number of aliphatic carboxylic acids is 1. The molecule has 4 aromatic rings. The Kier molecular flexibility index (Phi) is 8.23. The fraction of sp³-hybridized carbons (Fsp3) is 0.167. The summed E-state index contributed by atoms with van der Waals surface area (Å²) in [6.07, 6.45) is 2.52. The lowest BCUT2D eigenvalue weighted by Gasteiger charge is -2.21. The summed E-state index contributed by atoms with van der Waals surface area (Å²) >= 11 is 0. The van der Waals surface area contributed by atoms with E-state index >= 15 is 0 Å². The van der Waals surface area contributed by atoms with E-state index in [-0.39, 0.29) is 11.8 Å². The molecule has 0 aliphatic heterocycles. The highest BCUT2D eigenvalue weighted by Gasteiger charge is 2.20. The van der Waals surface area contributed by atoms with Gasteiger partial charge in [-0.05, 0) is 73.0 Å². The summed E-state index contributed by atoms with van der Waals surface area (Å²) < 4.78 is 5.93. The number of anilines is 2. The second kappa shape index (κ2) is 11.9. The van der Waals surface area contributed by atoms with Crippen LogP contribution < -0.4 is 16.0 Å². The largest absolute Gasteiger partial charge is 0.478 e. The molecule has 194 valence electrons. The number of fused-ring (bicyclic) bond motifs is 1. The third-order valence-corrected chi connectivity index (χ3v) is 5.81. The fourth-order valence-corrected chi connectivity index (χ4v) is 3.97. The van der Waals surface area contributed by atoms with Gasteiger partial charge >= 0.3 is 5.97 Å². The minimum absolute atomic E-state index is 0.171. The van der Waals surface area contributed by atoms with Gasteiger partial charge in [0.2, 0.25) is 5.91 Å². The molecule has 0 saturated heterocycles. The lowest BCUT2D eigenvalue weighted by Crippen LogP contribution is -2.35. The highest BCUT2D eigenvalue weighted by molar-refractivity contribution is 5.97. The quantitative estimate of drug-likeness (QED) is 0.197. The molecule has 1 aromatic heterocycles. The predicted molar refractivity (Wildman–Crippen MR) is 148 cm³/mol. The van der Waals surface area contributed by atoms with Gasteiger partial charge in [0.05, 0.1) is 0 Å². The van der Waals surface area contributed by atoms with Crippen LogP contribution in [0.15, 0.2) is 95.6 Å². The van der Waals surface area contributed by atoms with Crippen LogP contribution in [0, 0.1) is 5.92 Å². The van der Waals surface area contributed by atoms with E-state index in [1.165, 1.54) is 0 Å². The van der Waals surface area contributed by atoms with Crippen LogP contribution in [0.2, 0.25) is 0 Å². The van der Waals surface area contributed by atoms with E-state index in [0.717, 1.165) is 34.6 Å². The molecule has 0 saturated carbocycles. The minimum Gasteiger partial charge on any atom is -0.478 e. The zero-order chi connectivity index (χ0) is 27.1. The van der Waals surface area contributed by atoms with E-state index in [2.05, 4.69) is 16.0 Å². The molecule has 8 nitrogen and oxygen atoms in total. The number of carboxylic acid groups (broad SMARTS) is 1. The van der Waals surface area contributed by atoms with Crippen LogP contribution in [0.3, 0.4) is 0 Å². The van der Waals surface area contributed by atoms with Gasteiger partial charge < -0.3 is 25.5 Å². The number of hydrogen-bond acceptors (Lipinski definition) is 5. The Hall–Kier alpha value is -4.85. The Balaban J connectivity index is 1.40. The van der Waals surface area contributed by atoms with Crippen molar-refractivity contribution in [2.24, 2.45) is 5.92 Å². The van der Waals surface area contributed by atoms with E-state index < -0.39 is 17.9 Å². The summed E-state index contributed by atoms with van der Waals surface area (Å²) in [5, 5.41) is 18.3. The molecule has 0 spiro atoms. The SMILES string of the molecule is CC(C)CC(Nc1ccc(C(=O)NC=CC(=O)O)cc1)C(=O)Nc1ccc(-c2cc3ccccc3o2)cc1. The molecule has 0 aliphatic carbocycles. The molecule has 2 amide bonds. The highest BCUT2D eigenvalue weighted by Crippen LogP contribution is 2.28. The molecule has 0 aliphatic rings. The van der Waals surface area contributed by atoms with Crippen LogP contribution in [-0.2, 0) is 9.59 Å². The zero-order valence-corrected chi connectivity index (χ0v) is 21.1. The zero-order valence-electron chi connectivity index (χ0n) is 21.1. The average Bonchev–Trinajstić information content (AvgIpc) is 3.33. The second-order valence-electron chi connectivity index (χ2n) is 9.26. The topological polar surface area (TPSA) is 121 Å². The van der Waals surface area contributed by atoms with Crippen LogP contribution in [0.4, 0.5) is 11.4 Å². The number of carboxylic acids is 1. The number of benzene rings is 3. The number of carbonyl (C=O) groups excluding carboxylic acids is 2. The second-order valence-corrected chi connectivity index (χ2v) is 9.26. The number of rotatable bonds is 10. The van der Waals surface area contributed by atoms with Gasteiger partial charge in [-0.25, -0.2) is 4.79 Å². The number of furan rings is 1. The molecule has 8 heteroatoms. The van der Waals surface area contributed by atoms with Crippen LogP contribution in [-0.4, -0.2) is 28.9 Å². The summed E-state index contributed by atoms with van der Waals surface area (Å²) in [5.74, 6) is -0.729. The van der Waals surface area contributed by atoms with Crippen molar-refractivity contribution in [3.63, 3.8) is 0 Å². The van der Waals surface area contributed by atoms with E-state index in [0.29, 0.717) is 23.4 Å². The standard InChI is InChI=1S/C30H29N3O5/c1-19(2)17-25(32-23-13-9-21(10-14-23)29(36)31-16-15-28(34)35)30(37)33-24-11-7-20(8-12-24)27-18-22-5-3-4-6-26(22)38-27/h3-16,18-19,25,32H,17H2,1-2H3,(H,31,36)(H,33,37)(H,34,35). The van der Waals surface area contributed by atoms with Crippen LogP contribution in [0.5, 0.6) is 0 Å². The molecule has 0 radical (unpaired) electrons. The van der Waals surface area contributed by atoms with Gasteiger partial charge in [0.1, 0.15) is 17.4 Å². The molecule has 1 atom stereocenters. The summed E-state index contributed by atoms with van der Waals surface area (Å²) in [4.78, 5) is 35.8. The molecule has 3 aromatic carbocycles. The van der Waals surface area contributed by atoms with Gasteiger partial charge in [0.15, 0.2) is 0 Å². The Labute approximate surface area is 220 Å². The highest BCUT2D eigenvalue weighted by atomic mass is 16.4. The molecule has 4 N–H and O–H groups in total. The average molecular weight is 512 g/mol. The van der Waals surface area contributed by atoms with Crippen molar-refractivity contribution in [3.8, 4) is 11.3 Å². The van der Waals surface area contributed by atoms with E-state index in [9.17, 15) is 14.4 Å². The third kappa shape index (κ3) is 6.88. The Bertz CT molecular complexity index is 1420. The molecule has 38 heavy (non-hydrogen) atoms. The maximum absolute atomic E-state index is 13.2. The number of amides is 2. The van der Waals surface area contributed by atoms with Crippen molar-refractivity contribution in [2.45, 2.75) is 26.3 Å². The van der Waals surface area contributed by atoms with Crippen molar-refractivity contribution < 1.29 is 23.9 Å². The molecule has 1 unspecified atom stereocenters. The summed E-state index contributed by atoms with van der Waals surface area (Å²) in [6.45, 7) is 4.09. The first-order valence-corrected chi connectivity index (χ1v) is 12.3. The van der Waals surface area contributed by atoms with Crippen LogP contribution in [0.25, 0.3) is 22.3 Å². The third-order valence-electron chi connectivity index (χ3n) is 5.81. The molecular formula is C30H29N3O5. The molecular weight excluding hydrogens is 482 g/mol. The van der Waals surface area contributed by atoms with Gasteiger partial charge in [0.25, 0.3) is 5.91 Å². The van der Waals surface area contributed by atoms with Crippen molar-refractivity contribution in [1.29, 1.82) is 0 Å². The lowest BCUT2D eigenvalue weighted by molar-refractivity contribution is -0.131. The molecule has 4 rings (SSSR count). The normalized spacial score (nSPS) is 12.0. The summed E-state index contributed by atoms with van der Waals surface area (Å²) in [6, 6.07) is 23.5. The van der Waals surface area contributed by atoms with Crippen LogP contribution >= 0.6 is 0 Å². The van der Waals surface area contributed by atoms with Gasteiger partial charge in [-0.2, -0.15) is 0 Å². The van der Waals surface area contributed by atoms with E-state index in [1.807, 2.05) is 68.4 Å². The smallest absolute Gasteiger partial charge is 0.329 e. The van der Waals surface area contributed by atoms with Crippen molar-refractivity contribution in [3.05, 3.63) is 96.7 Å². The van der Waals surface area contributed by atoms with Gasteiger partial charge in [0, 0.05) is 40.2 Å². The summed E-state index contributed by atoms with van der Waals surface area (Å²) in [7, 11) is 0. The first-order valence-electron chi connectivity index (χ1n) is 12.3. The minimum atomic E-state index is -1.15. The summed E-state index contributed by atoms with van der Waals surface area (Å²) in [5.41, 5.74) is 3.46. The first-order chi connectivity index (χ1) is 18.3. The number of carbonyl (C=O) groups is 3. The first kappa shape index (κ1) is 26.2. The number of hydrogen-bond donors (Lipinski definition) is 4. The van der Waals surface area contributed by atoms with Crippen LogP contribution in [0.1, 0.15) is 30.6 Å². The van der Waals surface area contributed by atoms with Gasteiger partial charge in [-0.15, -0.1) is 0 Å². The Morgan fingerprint density at radius 2 is 1.61 bits per heavy atom. The van der Waals surface area contributed by atoms with Gasteiger partial charge in [-0.3, -0.25) is 9.59 Å². The Morgan fingerprint density at radius 1 is 0.921 bits per heavy atom. The van der Waals surface area contributed by atoms with E-state index in [4.69, 9.17) is 9.52 Å². The number of nitrogens with one attached hydrogen (secondary N) is 3. The van der Waals surface area contributed by atoms with Crippen molar-refractivity contribution in [1.82, 2.24) is 5.32 Å². The monoisotopic (exact) mass is 511 g/mol. The fourth-order valence-electron chi connectivity index (χ4n) is 3.97. The Morgan fingerprint density at radius 3 is 2.26 bits per heavy atom. The molecule has 1 heterocycles. The molecule has 0 fully saturated rings. The lowest BCUT2D eigenvalue weighted by atomic mass is 10.0. The van der Waals surface area contributed by atoms with E-state index in [1.54, 1.807) is 24.3 Å². The van der Waals surface area contributed by atoms with Crippen molar-refractivity contribution >= 4 is 40.1 Å². The maximum Gasteiger partial charge on any atom is 0.329 e. The molecule has 0 bridgehead atoms. The maximum atomic E-state index is 13.2. The van der Waals surface area contributed by atoms with Gasteiger partial charge in [-0.1, -0.05) is 32.0 Å². The predicted octanol–water partition coefficient (Wildman–Crippen LogP) is 5.89.